The molecule has 4 fully saturated rings. The van der Waals surface area contributed by atoms with E-state index in [0.29, 0.717) is 23.5 Å². The van der Waals surface area contributed by atoms with Gasteiger partial charge < -0.3 is 15.4 Å². The van der Waals surface area contributed by atoms with Gasteiger partial charge in [-0.2, -0.15) is 0 Å². The number of aliphatic hydroxyl groups excluding tert-OH is 2. The third-order valence-corrected chi connectivity index (χ3v) is 10.9. The SMILES string of the molecule is CC(=NO)[C@]1(N2CCCCC2)[C@H](O)C[C@@H]2[C@H]3CC=C4C[C@@H](O)CC[C@]4(C)[C@@H]3CC[C@@]21C. The van der Waals surface area contributed by atoms with Crippen molar-refractivity contribution in [3.05, 3.63) is 11.6 Å². The molecule has 0 amide bonds. The Balaban J connectivity index is 1.55. The second-order valence-corrected chi connectivity index (χ2v) is 11.9. The van der Waals surface area contributed by atoms with Crippen LogP contribution in [-0.4, -0.2) is 56.9 Å². The molecule has 0 aromatic carbocycles. The number of oxime groups is 1. The van der Waals surface area contributed by atoms with Crippen LogP contribution in [0, 0.1) is 28.6 Å². The molecule has 3 N–H and O–H groups in total. The molecule has 0 aromatic rings. The summed E-state index contributed by atoms with van der Waals surface area (Å²) in [6.45, 7) is 8.77. The van der Waals surface area contributed by atoms with E-state index in [0.717, 1.165) is 64.5 Å². The fraction of sp³-hybridized carbons (Fsp3) is 0.885. The second kappa shape index (κ2) is 7.56. The van der Waals surface area contributed by atoms with Crippen LogP contribution in [0.5, 0.6) is 0 Å². The number of hydrogen-bond donors (Lipinski definition) is 3. The van der Waals surface area contributed by atoms with Crippen molar-refractivity contribution in [3.63, 3.8) is 0 Å². The standard InChI is InChI=1S/C26H42N2O3/c1-17(27-31)26(28-13-5-4-6-14-28)23(30)16-22-20-8-7-18-15-19(29)9-11-24(18,2)21(20)10-12-25(22,26)3/h7,19-23,29-31H,4-6,8-16H2,1-3H3/t19-,20-,21+,22+,23+,24-,25-,26-/m0/s1. The normalized spacial score (nSPS) is 50.9. The number of allylic oxidation sites excluding steroid dienone is 1. The van der Waals surface area contributed by atoms with Crippen molar-refractivity contribution >= 4 is 5.71 Å². The minimum absolute atomic E-state index is 0.0862. The highest BCUT2D eigenvalue weighted by Gasteiger charge is 2.70. The van der Waals surface area contributed by atoms with E-state index in [1.807, 2.05) is 6.92 Å². The molecule has 1 aliphatic heterocycles. The van der Waals surface area contributed by atoms with Gasteiger partial charge in [-0.1, -0.05) is 37.1 Å². The topological polar surface area (TPSA) is 76.3 Å². The van der Waals surface area contributed by atoms with Crippen molar-refractivity contribution in [2.24, 2.45) is 33.7 Å². The van der Waals surface area contributed by atoms with Gasteiger partial charge in [0.1, 0.15) is 0 Å². The van der Waals surface area contributed by atoms with Crippen LogP contribution in [0.1, 0.15) is 85.0 Å². The van der Waals surface area contributed by atoms with E-state index in [9.17, 15) is 15.4 Å². The van der Waals surface area contributed by atoms with Gasteiger partial charge in [0.05, 0.1) is 23.5 Å². The molecular formula is C26H42N2O3. The fourth-order valence-corrected chi connectivity index (χ4v) is 9.44. The molecule has 0 aromatic heterocycles. The Labute approximate surface area is 187 Å². The van der Waals surface area contributed by atoms with E-state index in [1.54, 1.807) is 0 Å². The first-order chi connectivity index (χ1) is 14.8. The minimum atomic E-state index is -0.550. The Hall–Kier alpha value is -0.910. The monoisotopic (exact) mass is 430 g/mol. The molecule has 0 unspecified atom stereocenters. The average Bonchev–Trinajstić information content (AvgIpc) is 3.01. The third-order valence-electron chi connectivity index (χ3n) is 10.9. The first-order valence-electron chi connectivity index (χ1n) is 12.8. The van der Waals surface area contributed by atoms with Crippen LogP contribution in [0.4, 0.5) is 0 Å². The lowest BCUT2D eigenvalue weighted by Crippen LogP contribution is -2.69. The van der Waals surface area contributed by atoms with Crippen molar-refractivity contribution in [1.29, 1.82) is 0 Å². The van der Waals surface area contributed by atoms with E-state index in [1.165, 1.54) is 18.4 Å². The van der Waals surface area contributed by atoms with E-state index in [2.05, 4.69) is 30.0 Å². The van der Waals surface area contributed by atoms with Gasteiger partial charge in [0, 0.05) is 0 Å². The molecule has 1 heterocycles. The first kappa shape index (κ1) is 21.9. The van der Waals surface area contributed by atoms with Gasteiger partial charge in [0.2, 0.25) is 0 Å². The lowest BCUT2D eigenvalue weighted by atomic mass is 9.46. The number of fused-ring (bicyclic) bond motifs is 5. The van der Waals surface area contributed by atoms with Gasteiger partial charge >= 0.3 is 0 Å². The van der Waals surface area contributed by atoms with Crippen LogP contribution in [0.3, 0.4) is 0 Å². The smallest absolute Gasteiger partial charge is 0.0943 e. The molecule has 8 atom stereocenters. The van der Waals surface area contributed by atoms with Crippen LogP contribution in [0.15, 0.2) is 16.8 Å². The summed E-state index contributed by atoms with van der Waals surface area (Å²) in [5, 5.41) is 35.8. The van der Waals surface area contributed by atoms with Gasteiger partial charge in [-0.15, -0.1) is 0 Å². The summed E-state index contributed by atoms with van der Waals surface area (Å²) in [7, 11) is 0. The molecule has 5 nitrogen and oxygen atoms in total. The van der Waals surface area contributed by atoms with Crippen LogP contribution < -0.4 is 0 Å². The van der Waals surface area contributed by atoms with Crippen molar-refractivity contribution in [2.45, 2.75) is 103 Å². The highest BCUT2D eigenvalue weighted by molar-refractivity contribution is 5.93. The predicted molar refractivity (Wildman–Crippen MR) is 122 cm³/mol. The van der Waals surface area contributed by atoms with Crippen molar-refractivity contribution < 1.29 is 15.4 Å². The summed E-state index contributed by atoms with van der Waals surface area (Å²) < 4.78 is 0. The Morgan fingerprint density at radius 2 is 1.81 bits per heavy atom. The van der Waals surface area contributed by atoms with Gasteiger partial charge in [0.25, 0.3) is 0 Å². The quantitative estimate of drug-likeness (QED) is 0.263. The lowest BCUT2D eigenvalue weighted by molar-refractivity contribution is -0.0912. The van der Waals surface area contributed by atoms with E-state index >= 15 is 0 Å². The lowest BCUT2D eigenvalue weighted by Gasteiger charge is -2.61. The molecule has 5 heteroatoms. The van der Waals surface area contributed by atoms with Crippen molar-refractivity contribution in [2.75, 3.05) is 13.1 Å². The van der Waals surface area contributed by atoms with E-state index < -0.39 is 11.6 Å². The van der Waals surface area contributed by atoms with Crippen LogP contribution >= 0.6 is 0 Å². The summed E-state index contributed by atoms with van der Waals surface area (Å²) in [5.74, 6) is 1.63. The number of hydrogen-bond acceptors (Lipinski definition) is 5. The van der Waals surface area contributed by atoms with Crippen LogP contribution in [0.2, 0.25) is 0 Å². The summed E-state index contributed by atoms with van der Waals surface area (Å²) >= 11 is 0. The number of likely N-dealkylation sites (tertiary alicyclic amines) is 1. The van der Waals surface area contributed by atoms with Crippen molar-refractivity contribution in [3.8, 4) is 0 Å². The minimum Gasteiger partial charge on any atom is -0.411 e. The van der Waals surface area contributed by atoms with Gasteiger partial charge in [-0.25, -0.2) is 0 Å². The summed E-state index contributed by atoms with van der Waals surface area (Å²) in [6.07, 6.45) is 12.3. The highest BCUT2D eigenvalue weighted by atomic mass is 16.4. The van der Waals surface area contributed by atoms with Crippen molar-refractivity contribution in [1.82, 2.24) is 4.90 Å². The Morgan fingerprint density at radius 1 is 1.06 bits per heavy atom. The molecular weight excluding hydrogens is 388 g/mol. The van der Waals surface area contributed by atoms with Gasteiger partial charge in [0.15, 0.2) is 0 Å². The Morgan fingerprint density at radius 3 is 2.52 bits per heavy atom. The van der Waals surface area contributed by atoms with Gasteiger partial charge in [-0.05, 0) is 106 Å². The molecule has 0 radical (unpaired) electrons. The molecule has 174 valence electrons. The summed E-state index contributed by atoms with van der Waals surface area (Å²) in [5.41, 5.74) is 1.77. The number of aliphatic hydroxyl groups is 2. The van der Waals surface area contributed by atoms with E-state index in [-0.39, 0.29) is 16.9 Å². The predicted octanol–water partition coefficient (Wildman–Crippen LogP) is 4.36. The summed E-state index contributed by atoms with van der Waals surface area (Å²) in [4.78, 5) is 2.50. The Kier molecular flexibility index (Phi) is 5.35. The third kappa shape index (κ3) is 2.81. The fourth-order valence-electron chi connectivity index (χ4n) is 9.44. The van der Waals surface area contributed by atoms with Crippen LogP contribution in [-0.2, 0) is 0 Å². The zero-order valence-corrected chi connectivity index (χ0v) is 19.7. The zero-order chi connectivity index (χ0) is 22.0. The maximum atomic E-state index is 11.7. The molecule has 3 saturated carbocycles. The summed E-state index contributed by atoms with van der Waals surface area (Å²) in [6, 6.07) is 0. The molecule has 5 aliphatic rings. The van der Waals surface area contributed by atoms with Crippen LogP contribution in [0.25, 0.3) is 0 Å². The molecule has 31 heavy (non-hydrogen) atoms. The van der Waals surface area contributed by atoms with E-state index in [4.69, 9.17) is 0 Å². The molecule has 0 bridgehead atoms. The van der Waals surface area contributed by atoms with Gasteiger partial charge in [-0.3, -0.25) is 4.90 Å². The Bertz CT molecular complexity index is 775. The average molecular weight is 431 g/mol. The molecule has 0 spiro atoms. The number of piperidine rings is 1. The second-order valence-electron chi connectivity index (χ2n) is 11.9. The molecule has 4 aliphatic carbocycles. The molecule has 5 rings (SSSR count). The maximum absolute atomic E-state index is 11.7. The first-order valence-corrected chi connectivity index (χ1v) is 12.8. The number of rotatable bonds is 2. The highest BCUT2D eigenvalue weighted by Crippen LogP contribution is 2.68. The molecule has 1 saturated heterocycles. The largest absolute Gasteiger partial charge is 0.411 e. The zero-order valence-electron chi connectivity index (χ0n) is 19.7. The number of nitrogens with zero attached hydrogens (tertiary/aromatic N) is 2. The maximum Gasteiger partial charge on any atom is 0.0943 e.